The summed E-state index contributed by atoms with van der Waals surface area (Å²) in [4.78, 5) is 13.0. The molecule has 0 fully saturated rings. The Morgan fingerprint density at radius 3 is 2.22 bits per heavy atom. The summed E-state index contributed by atoms with van der Waals surface area (Å²) in [7, 11) is -3.53. The molecule has 1 rings (SSSR count). The molecule has 0 aromatic heterocycles. The molecule has 5 nitrogen and oxygen atoms in total. The lowest BCUT2D eigenvalue weighted by atomic mass is 10.1. The number of hydrogen-bond acceptors (Lipinski definition) is 5. The van der Waals surface area contributed by atoms with Crippen LogP contribution in [0.25, 0.3) is 5.70 Å². The van der Waals surface area contributed by atoms with Crippen LogP contribution in [0.1, 0.15) is 39.7 Å². The number of amides is 1. The Morgan fingerprint density at radius 1 is 1.17 bits per heavy atom. The Labute approximate surface area is 143 Å². The molecular weight excluding hydrogens is 332 g/mol. The summed E-state index contributed by atoms with van der Waals surface area (Å²) in [5.41, 5.74) is 6.75. The summed E-state index contributed by atoms with van der Waals surface area (Å²) in [5.74, 6) is -0.630. The van der Waals surface area contributed by atoms with Crippen LogP contribution >= 0.6 is 12.6 Å². The largest absolute Gasteiger partial charge is 0.297 e. The second kappa shape index (κ2) is 7.88. The maximum atomic E-state index is 12.3. The minimum absolute atomic E-state index is 0.0274. The zero-order valence-electron chi connectivity index (χ0n) is 13.9. The highest BCUT2D eigenvalue weighted by molar-refractivity contribution is 7.93. The van der Waals surface area contributed by atoms with Crippen molar-refractivity contribution in [3.05, 3.63) is 40.8 Å². The van der Waals surface area contributed by atoms with Crippen LogP contribution in [-0.4, -0.2) is 24.8 Å². The fraction of sp³-hybridized carbons (Fsp3) is 0.438. The Hall–Kier alpha value is -1.47. The lowest BCUT2D eigenvalue weighted by molar-refractivity contribution is -0.123. The molecule has 128 valence electrons. The molecule has 0 spiro atoms. The number of benzene rings is 1. The number of hydrogen-bond donors (Lipinski definition) is 3. The molecule has 2 N–H and O–H groups in total. The third kappa shape index (κ3) is 4.75. The van der Waals surface area contributed by atoms with Crippen LogP contribution in [0.15, 0.2) is 35.2 Å². The smallest absolute Gasteiger partial charge is 0.259 e. The van der Waals surface area contributed by atoms with Crippen molar-refractivity contribution in [1.29, 1.82) is 0 Å². The van der Waals surface area contributed by atoms with Gasteiger partial charge in [0, 0.05) is 10.5 Å². The summed E-state index contributed by atoms with van der Waals surface area (Å²) < 4.78 is 22.9. The highest BCUT2D eigenvalue weighted by Gasteiger charge is 2.41. The number of carbonyl (C=O) groups excluding carboxylic acids is 1. The summed E-state index contributed by atoms with van der Waals surface area (Å²) >= 11 is 4.32. The second-order valence-electron chi connectivity index (χ2n) is 5.73. The normalized spacial score (nSPS) is 13.3. The van der Waals surface area contributed by atoms with Gasteiger partial charge in [0.2, 0.25) is 0 Å². The quantitative estimate of drug-likeness (QED) is 0.518. The van der Waals surface area contributed by atoms with Crippen LogP contribution < -0.4 is 10.9 Å². The molecule has 0 unspecified atom stereocenters. The van der Waals surface area contributed by atoms with Crippen LogP contribution in [0, 0.1) is 0 Å². The van der Waals surface area contributed by atoms with Crippen LogP contribution in [0.2, 0.25) is 0 Å². The summed E-state index contributed by atoms with van der Waals surface area (Å²) in [5, 5.41) is 0. The number of hydrazine groups is 1. The standard InChI is InChI=1S/C16H24N2O3S2/c1-5-11-23(20,21)16(3,4)15(19)18-17-14(12(2)22)13-9-7-6-8-10-13/h6-10,17,22H,5,11H2,1-4H3,(H,18,19)/b14-12-. The van der Waals surface area contributed by atoms with Gasteiger partial charge in [0.15, 0.2) is 9.84 Å². The summed E-state index contributed by atoms with van der Waals surface area (Å²) in [6.07, 6.45) is 0.470. The average Bonchev–Trinajstić information content (AvgIpc) is 2.47. The Balaban J connectivity index is 2.92. The predicted octanol–water partition coefficient (Wildman–Crippen LogP) is 2.53. The molecule has 0 aliphatic rings. The molecule has 0 radical (unpaired) electrons. The van der Waals surface area contributed by atoms with Gasteiger partial charge >= 0.3 is 0 Å². The van der Waals surface area contributed by atoms with E-state index in [-0.39, 0.29) is 5.75 Å². The Kier molecular flexibility index (Phi) is 6.70. The molecule has 0 aliphatic carbocycles. The summed E-state index contributed by atoms with van der Waals surface area (Å²) in [6, 6.07) is 9.35. The van der Waals surface area contributed by atoms with Gasteiger partial charge in [0.25, 0.3) is 5.91 Å². The predicted molar refractivity (Wildman–Crippen MR) is 97.5 cm³/mol. The van der Waals surface area contributed by atoms with Crippen molar-refractivity contribution in [1.82, 2.24) is 10.9 Å². The van der Waals surface area contributed by atoms with Gasteiger partial charge in [-0.3, -0.25) is 15.6 Å². The first kappa shape index (κ1) is 19.6. The van der Waals surface area contributed by atoms with Crippen molar-refractivity contribution in [2.24, 2.45) is 0 Å². The number of nitrogens with one attached hydrogen (secondary N) is 2. The molecule has 0 saturated carbocycles. The maximum absolute atomic E-state index is 12.3. The van der Waals surface area contributed by atoms with Gasteiger partial charge in [0.05, 0.1) is 11.4 Å². The SMILES string of the molecule is CCCS(=O)(=O)C(C)(C)C(=O)NN/C(=C(/C)S)c1ccccc1. The van der Waals surface area contributed by atoms with Crippen molar-refractivity contribution < 1.29 is 13.2 Å². The van der Waals surface area contributed by atoms with Crippen molar-refractivity contribution in [2.45, 2.75) is 38.9 Å². The highest BCUT2D eigenvalue weighted by atomic mass is 32.2. The molecule has 0 saturated heterocycles. The monoisotopic (exact) mass is 356 g/mol. The van der Waals surface area contributed by atoms with E-state index >= 15 is 0 Å². The molecule has 1 aromatic carbocycles. The van der Waals surface area contributed by atoms with Crippen LogP contribution in [-0.2, 0) is 14.6 Å². The van der Waals surface area contributed by atoms with E-state index in [1.54, 1.807) is 13.8 Å². The minimum Gasteiger partial charge on any atom is -0.297 e. The van der Waals surface area contributed by atoms with Gasteiger partial charge in [0.1, 0.15) is 4.75 Å². The van der Waals surface area contributed by atoms with Gasteiger partial charge in [-0.25, -0.2) is 8.42 Å². The maximum Gasteiger partial charge on any atom is 0.259 e. The number of carbonyl (C=O) groups is 1. The van der Waals surface area contributed by atoms with E-state index in [0.29, 0.717) is 17.0 Å². The molecule has 0 aliphatic heterocycles. The van der Waals surface area contributed by atoms with Crippen LogP contribution in [0.4, 0.5) is 0 Å². The van der Waals surface area contributed by atoms with Crippen LogP contribution in [0.3, 0.4) is 0 Å². The van der Waals surface area contributed by atoms with Crippen molar-refractivity contribution in [3.8, 4) is 0 Å². The van der Waals surface area contributed by atoms with Crippen molar-refractivity contribution >= 4 is 34.1 Å². The molecule has 0 bridgehead atoms. The first-order valence-corrected chi connectivity index (χ1v) is 9.47. The Morgan fingerprint density at radius 2 is 1.74 bits per heavy atom. The van der Waals surface area contributed by atoms with E-state index in [9.17, 15) is 13.2 Å². The van der Waals surface area contributed by atoms with E-state index < -0.39 is 20.5 Å². The average molecular weight is 357 g/mol. The first-order valence-electron chi connectivity index (χ1n) is 7.37. The number of sulfone groups is 1. The van der Waals surface area contributed by atoms with Crippen molar-refractivity contribution in [2.75, 3.05) is 5.75 Å². The molecule has 1 amide bonds. The molecule has 23 heavy (non-hydrogen) atoms. The molecule has 0 heterocycles. The third-order valence-corrected chi connectivity index (χ3v) is 6.43. The third-order valence-electron chi connectivity index (χ3n) is 3.52. The second-order valence-corrected chi connectivity index (χ2v) is 9.06. The molecule has 7 heteroatoms. The fourth-order valence-electron chi connectivity index (χ4n) is 1.91. The van der Waals surface area contributed by atoms with E-state index in [1.165, 1.54) is 13.8 Å². The first-order chi connectivity index (χ1) is 10.6. The number of thiol groups is 1. The lowest BCUT2D eigenvalue weighted by Crippen LogP contribution is -2.52. The zero-order valence-corrected chi connectivity index (χ0v) is 15.6. The highest BCUT2D eigenvalue weighted by Crippen LogP contribution is 2.20. The van der Waals surface area contributed by atoms with Gasteiger partial charge in [-0.1, -0.05) is 37.3 Å². The molecular formula is C16H24N2O3S2. The van der Waals surface area contributed by atoms with E-state index in [0.717, 1.165) is 5.56 Å². The minimum atomic E-state index is -3.53. The number of allylic oxidation sites excluding steroid dienone is 1. The lowest BCUT2D eigenvalue weighted by Gasteiger charge is -2.24. The van der Waals surface area contributed by atoms with E-state index in [2.05, 4.69) is 23.5 Å². The zero-order chi connectivity index (χ0) is 17.7. The number of rotatable bonds is 7. The van der Waals surface area contributed by atoms with Gasteiger partial charge in [-0.05, 0) is 27.2 Å². The van der Waals surface area contributed by atoms with Crippen molar-refractivity contribution in [3.63, 3.8) is 0 Å². The summed E-state index contributed by atoms with van der Waals surface area (Å²) in [6.45, 7) is 6.37. The van der Waals surface area contributed by atoms with Crippen LogP contribution in [0.5, 0.6) is 0 Å². The van der Waals surface area contributed by atoms with Gasteiger partial charge in [-0.2, -0.15) is 0 Å². The van der Waals surface area contributed by atoms with E-state index in [4.69, 9.17) is 0 Å². The molecule has 0 atom stereocenters. The topological polar surface area (TPSA) is 75.3 Å². The fourth-order valence-corrected chi connectivity index (χ4v) is 3.48. The Bertz CT molecular complexity index is 677. The van der Waals surface area contributed by atoms with Gasteiger partial charge in [-0.15, -0.1) is 12.6 Å². The van der Waals surface area contributed by atoms with Gasteiger partial charge < -0.3 is 0 Å². The molecule has 1 aromatic rings. The van der Waals surface area contributed by atoms with E-state index in [1.807, 2.05) is 30.3 Å².